The summed E-state index contributed by atoms with van der Waals surface area (Å²) in [6, 6.07) is 5.52. The molecule has 0 aromatic heterocycles. The van der Waals surface area contributed by atoms with Gasteiger partial charge in [-0.2, -0.15) is 0 Å². The lowest BCUT2D eigenvalue weighted by molar-refractivity contribution is 0.0613. The first-order valence-electron chi connectivity index (χ1n) is 14.2. The third-order valence-electron chi connectivity index (χ3n) is 9.41. The molecule has 3 saturated carbocycles. The molecule has 4 atom stereocenters. The Hall–Kier alpha value is -1.31. The van der Waals surface area contributed by atoms with Crippen molar-refractivity contribution in [1.82, 2.24) is 0 Å². The first-order valence-corrected chi connectivity index (χ1v) is 14.2. The summed E-state index contributed by atoms with van der Waals surface area (Å²) in [6.07, 6.45) is 23.5. The molecule has 0 amide bonds. The monoisotopic (exact) mass is 454 g/mol. The number of benzene rings is 1. The minimum absolute atomic E-state index is 0.0763. The number of fused-ring (bicyclic) bond motifs is 1. The molecule has 4 rings (SSSR count). The number of rotatable bonds is 9. The lowest BCUT2D eigenvalue weighted by atomic mass is 9.60. The Morgan fingerprint density at radius 1 is 0.879 bits per heavy atom. The molecule has 2 heteroatoms. The second-order valence-electron chi connectivity index (χ2n) is 11.4. The zero-order valence-electron chi connectivity index (χ0n) is 21.2. The summed E-state index contributed by atoms with van der Waals surface area (Å²) in [5.41, 5.74) is 0.914. The van der Waals surface area contributed by atoms with Crippen LogP contribution in [0.5, 0.6) is 5.75 Å². The van der Waals surface area contributed by atoms with Crippen LogP contribution in [0.4, 0.5) is 4.39 Å². The van der Waals surface area contributed by atoms with Gasteiger partial charge < -0.3 is 4.74 Å². The van der Waals surface area contributed by atoms with Crippen molar-refractivity contribution in [3.63, 3.8) is 0 Å². The highest BCUT2D eigenvalue weighted by atomic mass is 19.1. The van der Waals surface area contributed by atoms with Crippen molar-refractivity contribution in [2.45, 2.75) is 110 Å². The summed E-state index contributed by atoms with van der Waals surface area (Å²) in [4.78, 5) is 0. The molecule has 3 fully saturated rings. The molecule has 0 heterocycles. The fraction of sp³-hybridized carbons (Fsp3) is 0.742. The molecular weight excluding hydrogens is 407 g/mol. The minimum atomic E-state index is -0.0763. The topological polar surface area (TPSA) is 9.23 Å². The van der Waals surface area contributed by atoms with Crippen molar-refractivity contribution < 1.29 is 9.13 Å². The van der Waals surface area contributed by atoms with Gasteiger partial charge in [0, 0.05) is 6.07 Å². The lowest BCUT2D eigenvalue weighted by Gasteiger charge is -2.45. The van der Waals surface area contributed by atoms with Gasteiger partial charge in [-0.25, -0.2) is 4.39 Å². The Kier molecular flexibility index (Phi) is 9.33. The van der Waals surface area contributed by atoms with Crippen LogP contribution in [0.3, 0.4) is 0 Å². The number of ether oxygens (including phenoxy) is 1. The summed E-state index contributed by atoms with van der Waals surface area (Å²) in [5, 5.41) is 0. The molecule has 1 nitrogen and oxygen atoms in total. The smallest absolute Gasteiger partial charge is 0.130 e. The van der Waals surface area contributed by atoms with Gasteiger partial charge in [0.1, 0.15) is 18.2 Å². The Balaban J connectivity index is 1.23. The lowest BCUT2D eigenvalue weighted by Crippen LogP contribution is -2.34. The van der Waals surface area contributed by atoms with E-state index in [1.54, 1.807) is 6.07 Å². The molecule has 0 saturated heterocycles. The first kappa shape index (κ1) is 24.8. The third kappa shape index (κ3) is 6.64. The van der Waals surface area contributed by atoms with Crippen LogP contribution in [0.15, 0.2) is 30.4 Å². The van der Waals surface area contributed by atoms with E-state index in [4.69, 9.17) is 4.74 Å². The molecule has 0 spiro atoms. The van der Waals surface area contributed by atoms with Crippen LogP contribution < -0.4 is 4.74 Å². The van der Waals surface area contributed by atoms with Crippen molar-refractivity contribution in [2.24, 2.45) is 29.6 Å². The van der Waals surface area contributed by atoms with E-state index in [2.05, 4.69) is 6.92 Å². The van der Waals surface area contributed by atoms with Crippen molar-refractivity contribution >= 4 is 0 Å². The van der Waals surface area contributed by atoms with E-state index < -0.39 is 0 Å². The molecule has 0 N–H and O–H groups in total. The number of halogens is 1. The normalized spacial score (nSPS) is 32.6. The Labute approximate surface area is 202 Å². The van der Waals surface area contributed by atoms with E-state index in [1.807, 2.05) is 31.2 Å². The quantitative estimate of drug-likeness (QED) is 0.267. The fourth-order valence-electron chi connectivity index (χ4n) is 7.47. The molecule has 1 aromatic carbocycles. The second kappa shape index (κ2) is 12.4. The maximum Gasteiger partial charge on any atom is 0.130 e. The maximum atomic E-state index is 14.8. The van der Waals surface area contributed by atoms with Crippen molar-refractivity contribution in [3.05, 3.63) is 41.7 Å². The molecule has 4 unspecified atom stereocenters. The van der Waals surface area contributed by atoms with Crippen LogP contribution in [-0.2, 0) is 0 Å². The molecule has 0 aliphatic heterocycles. The van der Waals surface area contributed by atoms with Gasteiger partial charge in [0.05, 0.1) is 0 Å². The van der Waals surface area contributed by atoms with Gasteiger partial charge in [0.25, 0.3) is 0 Å². The largest absolute Gasteiger partial charge is 0.489 e. The zero-order chi connectivity index (χ0) is 23.0. The Morgan fingerprint density at radius 2 is 1.58 bits per heavy atom. The Morgan fingerprint density at radius 3 is 2.30 bits per heavy atom. The highest BCUT2D eigenvalue weighted by molar-refractivity contribution is 5.31. The zero-order valence-corrected chi connectivity index (χ0v) is 21.2. The predicted octanol–water partition coefficient (Wildman–Crippen LogP) is 9.47. The summed E-state index contributed by atoms with van der Waals surface area (Å²) in [6.45, 7) is 4.79. The average Bonchev–Trinajstić information content (AvgIpc) is 2.84. The molecule has 184 valence electrons. The summed E-state index contributed by atoms with van der Waals surface area (Å²) in [5.74, 6) is 5.84. The van der Waals surface area contributed by atoms with Crippen LogP contribution in [0.2, 0.25) is 0 Å². The molecule has 0 radical (unpaired) electrons. The first-order chi connectivity index (χ1) is 16.2. The average molecular weight is 455 g/mol. The number of allylic oxidation sites excluding steroid dienone is 1. The van der Waals surface area contributed by atoms with E-state index in [0.29, 0.717) is 18.3 Å². The number of unbranched alkanes of at least 4 members (excludes halogenated alkanes) is 2. The summed E-state index contributed by atoms with van der Waals surface area (Å²) < 4.78 is 20.4. The van der Waals surface area contributed by atoms with Crippen LogP contribution in [0, 0.1) is 35.4 Å². The SMILES string of the molecule is C/C=C/COc1ccc(C2CCC(C3CCC4CC(CCCCC)CCC4C3)CC2)c(F)c1. The van der Waals surface area contributed by atoms with E-state index in [9.17, 15) is 4.39 Å². The maximum absolute atomic E-state index is 14.8. The van der Waals surface area contributed by atoms with Gasteiger partial charge in [-0.3, -0.25) is 0 Å². The van der Waals surface area contributed by atoms with E-state index >= 15 is 0 Å². The van der Waals surface area contributed by atoms with E-state index in [1.165, 1.54) is 77.0 Å². The highest BCUT2D eigenvalue weighted by Gasteiger charge is 2.38. The van der Waals surface area contributed by atoms with Gasteiger partial charge in [0.15, 0.2) is 0 Å². The van der Waals surface area contributed by atoms with E-state index in [0.717, 1.165) is 48.0 Å². The summed E-state index contributed by atoms with van der Waals surface area (Å²) >= 11 is 0. The fourth-order valence-corrected chi connectivity index (χ4v) is 7.47. The second-order valence-corrected chi connectivity index (χ2v) is 11.4. The Bertz CT molecular complexity index is 747. The van der Waals surface area contributed by atoms with Crippen molar-refractivity contribution in [1.29, 1.82) is 0 Å². The third-order valence-corrected chi connectivity index (χ3v) is 9.41. The van der Waals surface area contributed by atoms with Gasteiger partial charge in [0.2, 0.25) is 0 Å². The van der Waals surface area contributed by atoms with Crippen LogP contribution in [0.1, 0.15) is 115 Å². The van der Waals surface area contributed by atoms with Crippen molar-refractivity contribution in [2.75, 3.05) is 6.61 Å². The van der Waals surface area contributed by atoms with Gasteiger partial charge in [-0.15, -0.1) is 0 Å². The van der Waals surface area contributed by atoms with Gasteiger partial charge in [-0.05, 0) is 112 Å². The molecule has 3 aliphatic rings. The van der Waals surface area contributed by atoms with Crippen molar-refractivity contribution in [3.8, 4) is 5.75 Å². The molecular formula is C31H47FO. The van der Waals surface area contributed by atoms with E-state index in [-0.39, 0.29) is 5.82 Å². The predicted molar refractivity (Wildman–Crippen MR) is 137 cm³/mol. The minimum Gasteiger partial charge on any atom is -0.489 e. The molecule has 1 aromatic rings. The van der Waals surface area contributed by atoms with Crippen LogP contribution in [0.25, 0.3) is 0 Å². The van der Waals surface area contributed by atoms with Gasteiger partial charge in [-0.1, -0.05) is 57.2 Å². The van der Waals surface area contributed by atoms with Crippen LogP contribution in [-0.4, -0.2) is 6.61 Å². The summed E-state index contributed by atoms with van der Waals surface area (Å²) in [7, 11) is 0. The standard InChI is InChI=1S/C31H47FO/c1-3-5-7-8-23-9-10-28-21-27(16-15-26(28)20-23)24-11-13-25(14-12-24)30-18-17-29(22-31(30)32)33-19-6-4-2/h4,6,17-18,22-28H,3,5,7-16,19-21H2,1-2H3/b6-4+. The van der Waals surface area contributed by atoms with Gasteiger partial charge >= 0.3 is 0 Å². The highest BCUT2D eigenvalue weighted by Crippen LogP contribution is 2.50. The number of hydrogen-bond acceptors (Lipinski definition) is 1. The molecule has 3 aliphatic carbocycles. The molecule has 0 bridgehead atoms. The molecule has 33 heavy (non-hydrogen) atoms. The number of hydrogen-bond donors (Lipinski definition) is 0. The van der Waals surface area contributed by atoms with Crippen LogP contribution >= 0.6 is 0 Å².